The maximum absolute atomic E-state index is 2.41. The molecule has 0 unspecified atom stereocenters. The average Bonchev–Trinajstić information content (AvgIpc) is 3.53. The molecule has 0 bridgehead atoms. The first-order chi connectivity index (χ1) is 19.8. The molecule has 40 heavy (non-hydrogen) atoms. The van der Waals surface area contributed by atoms with Gasteiger partial charge in [-0.05, 0) is 77.7 Å². The Labute approximate surface area is 233 Å². The Kier molecular flexibility index (Phi) is 5.14. The number of para-hydroxylation sites is 3. The SMILES string of the molecule is CCc1ccc2c(c1)c1ccc(-c3cccc(-n4c5ccccc5c5ccccc54)c3)cc1n2-c1ccccc1. The summed E-state index contributed by atoms with van der Waals surface area (Å²) >= 11 is 0. The predicted molar refractivity (Wildman–Crippen MR) is 170 cm³/mol. The van der Waals surface area contributed by atoms with Crippen LogP contribution in [0.25, 0.3) is 66.1 Å². The first-order valence-electron chi connectivity index (χ1n) is 14.0. The van der Waals surface area contributed by atoms with E-state index in [0.29, 0.717) is 0 Å². The average molecular weight is 513 g/mol. The van der Waals surface area contributed by atoms with E-state index < -0.39 is 0 Å². The Hall–Kier alpha value is -5.08. The molecule has 0 N–H and O–H groups in total. The van der Waals surface area contributed by atoms with Crippen molar-refractivity contribution in [2.45, 2.75) is 13.3 Å². The van der Waals surface area contributed by atoms with Crippen molar-refractivity contribution in [3.8, 4) is 22.5 Å². The fourth-order valence-corrected chi connectivity index (χ4v) is 6.35. The van der Waals surface area contributed by atoms with Gasteiger partial charge in [0.1, 0.15) is 0 Å². The van der Waals surface area contributed by atoms with Gasteiger partial charge in [-0.2, -0.15) is 0 Å². The van der Waals surface area contributed by atoms with Gasteiger partial charge in [0.2, 0.25) is 0 Å². The summed E-state index contributed by atoms with van der Waals surface area (Å²) in [5.41, 5.74) is 11.1. The van der Waals surface area contributed by atoms with Crippen molar-refractivity contribution in [1.29, 1.82) is 0 Å². The number of fused-ring (bicyclic) bond motifs is 6. The Morgan fingerprint density at radius 2 is 1.00 bits per heavy atom. The third-order valence-electron chi connectivity index (χ3n) is 8.27. The molecule has 8 rings (SSSR count). The molecule has 0 saturated carbocycles. The first-order valence-corrected chi connectivity index (χ1v) is 14.0. The summed E-state index contributed by atoms with van der Waals surface area (Å²) in [7, 11) is 0. The van der Waals surface area contributed by atoms with Crippen molar-refractivity contribution in [2.75, 3.05) is 0 Å². The van der Waals surface area contributed by atoms with Gasteiger partial charge < -0.3 is 9.13 Å². The third-order valence-corrected chi connectivity index (χ3v) is 8.27. The molecule has 190 valence electrons. The lowest BCUT2D eigenvalue weighted by molar-refractivity contribution is 1.14. The number of aryl methyl sites for hydroxylation is 1. The van der Waals surface area contributed by atoms with Crippen molar-refractivity contribution in [3.05, 3.63) is 145 Å². The smallest absolute Gasteiger partial charge is 0.0547 e. The number of benzene rings is 6. The lowest BCUT2D eigenvalue weighted by Gasteiger charge is -2.11. The summed E-state index contributed by atoms with van der Waals surface area (Å²) in [5, 5.41) is 5.16. The van der Waals surface area contributed by atoms with Crippen LogP contribution >= 0.6 is 0 Å². The zero-order valence-electron chi connectivity index (χ0n) is 22.4. The van der Waals surface area contributed by atoms with Crippen LogP contribution in [0, 0.1) is 0 Å². The van der Waals surface area contributed by atoms with Gasteiger partial charge in [0, 0.05) is 32.9 Å². The molecule has 0 amide bonds. The highest BCUT2D eigenvalue weighted by atomic mass is 15.0. The predicted octanol–water partition coefficient (Wildman–Crippen LogP) is 10.1. The number of rotatable bonds is 4. The van der Waals surface area contributed by atoms with Crippen LogP contribution in [0.2, 0.25) is 0 Å². The molecule has 0 radical (unpaired) electrons. The highest BCUT2D eigenvalue weighted by Gasteiger charge is 2.15. The molecule has 2 heterocycles. The van der Waals surface area contributed by atoms with Gasteiger partial charge in [-0.3, -0.25) is 0 Å². The Balaban J connectivity index is 1.35. The van der Waals surface area contributed by atoms with Crippen LogP contribution in [0.1, 0.15) is 12.5 Å². The fraction of sp³-hybridized carbons (Fsp3) is 0.0526. The molecule has 8 aromatic rings. The zero-order chi connectivity index (χ0) is 26.6. The van der Waals surface area contributed by atoms with Crippen LogP contribution < -0.4 is 0 Å². The van der Waals surface area contributed by atoms with Crippen molar-refractivity contribution in [3.63, 3.8) is 0 Å². The molecule has 6 aromatic carbocycles. The van der Waals surface area contributed by atoms with Gasteiger partial charge in [0.15, 0.2) is 0 Å². The van der Waals surface area contributed by atoms with Gasteiger partial charge in [-0.25, -0.2) is 0 Å². The third kappa shape index (κ3) is 3.43. The quantitative estimate of drug-likeness (QED) is 0.222. The maximum atomic E-state index is 2.41. The number of nitrogens with zero attached hydrogens (tertiary/aromatic N) is 2. The van der Waals surface area contributed by atoms with Gasteiger partial charge in [0.25, 0.3) is 0 Å². The summed E-state index contributed by atoms with van der Waals surface area (Å²) in [6.07, 6.45) is 1.03. The lowest BCUT2D eigenvalue weighted by Crippen LogP contribution is -1.95. The second-order valence-electron chi connectivity index (χ2n) is 10.5. The van der Waals surface area contributed by atoms with Crippen LogP contribution in [0.4, 0.5) is 0 Å². The van der Waals surface area contributed by atoms with Crippen LogP contribution in [0.5, 0.6) is 0 Å². The maximum Gasteiger partial charge on any atom is 0.0547 e. The van der Waals surface area contributed by atoms with Crippen LogP contribution in [-0.4, -0.2) is 9.13 Å². The minimum Gasteiger partial charge on any atom is -0.309 e. The van der Waals surface area contributed by atoms with E-state index in [1.165, 1.54) is 71.7 Å². The molecule has 2 nitrogen and oxygen atoms in total. The molecule has 0 saturated heterocycles. The Bertz CT molecular complexity index is 2140. The summed E-state index contributed by atoms with van der Waals surface area (Å²) in [6.45, 7) is 2.22. The fourth-order valence-electron chi connectivity index (χ4n) is 6.35. The summed E-state index contributed by atoms with van der Waals surface area (Å²) < 4.78 is 4.80. The van der Waals surface area contributed by atoms with Crippen molar-refractivity contribution >= 4 is 43.6 Å². The largest absolute Gasteiger partial charge is 0.309 e. The van der Waals surface area contributed by atoms with Crippen molar-refractivity contribution in [1.82, 2.24) is 9.13 Å². The molecule has 0 spiro atoms. The summed E-state index contributed by atoms with van der Waals surface area (Å²) in [5.74, 6) is 0. The molecule has 2 heteroatoms. The minimum absolute atomic E-state index is 1.03. The van der Waals surface area contributed by atoms with Gasteiger partial charge in [0.05, 0.1) is 22.1 Å². The van der Waals surface area contributed by atoms with Gasteiger partial charge in [-0.15, -0.1) is 0 Å². The van der Waals surface area contributed by atoms with E-state index in [9.17, 15) is 0 Å². The van der Waals surface area contributed by atoms with E-state index in [1.54, 1.807) is 0 Å². The lowest BCUT2D eigenvalue weighted by atomic mass is 10.0. The second-order valence-corrected chi connectivity index (χ2v) is 10.5. The van der Waals surface area contributed by atoms with E-state index in [-0.39, 0.29) is 0 Å². The van der Waals surface area contributed by atoms with Gasteiger partial charge >= 0.3 is 0 Å². The highest BCUT2D eigenvalue weighted by molar-refractivity contribution is 6.11. The molecule has 0 aliphatic heterocycles. The highest BCUT2D eigenvalue weighted by Crippen LogP contribution is 2.37. The molecule has 2 aromatic heterocycles. The van der Waals surface area contributed by atoms with Gasteiger partial charge in [-0.1, -0.05) is 91.9 Å². The van der Waals surface area contributed by atoms with Crippen LogP contribution in [0.3, 0.4) is 0 Å². The summed E-state index contributed by atoms with van der Waals surface area (Å²) in [6, 6.07) is 50.9. The Morgan fingerprint density at radius 3 is 1.75 bits per heavy atom. The standard InChI is InChI=1S/C38H28N2/c1-2-26-19-22-37-34(23-26)33-21-20-28(25-38(33)39(37)29-12-4-3-5-13-29)27-11-10-14-30(24-27)40-35-17-8-6-15-31(35)32-16-7-9-18-36(32)40/h3-25H,2H2,1H3. The van der Waals surface area contributed by atoms with Crippen LogP contribution in [-0.2, 0) is 6.42 Å². The van der Waals surface area contributed by atoms with E-state index in [4.69, 9.17) is 0 Å². The van der Waals surface area contributed by atoms with Crippen LogP contribution in [0.15, 0.2) is 140 Å². The van der Waals surface area contributed by atoms with E-state index in [1.807, 2.05) is 0 Å². The molecule has 0 aliphatic rings. The van der Waals surface area contributed by atoms with Crippen molar-refractivity contribution in [2.24, 2.45) is 0 Å². The summed E-state index contributed by atoms with van der Waals surface area (Å²) in [4.78, 5) is 0. The van der Waals surface area contributed by atoms with E-state index >= 15 is 0 Å². The zero-order valence-corrected chi connectivity index (χ0v) is 22.4. The molecule has 0 atom stereocenters. The monoisotopic (exact) mass is 512 g/mol. The molecule has 0 aliphatic carbocycles. The number of hydrogen-bond donors (Lipinski definition) is 0. The topological polar surface area (TPSA) is 9.86 Å². The minimum atomic E-state index is 1.03. The van der Waals surface area contributed by atoms with E-state index in [0.717, 1.165) is 6.42 Å². The van der Waals surface area contributed by atoms with E-state index in [2.05, 4.69) is 156 Å². The number of hydrogen-bond acceptors (Lipinski definition) is 0. The first kappa shape index (κ1) is 22.9. The Morgan fingerprint density at radius 1 is 0.400 bits per heavy atom. The molecular weight excluding hydrogens is 484 g/mol. The number of aromatic nitrogens is 2. The molecular formula is C38H28N2. The molecule has 0 fully saturated rings. The van der Waals surface area contributed by atoms with Crippen molar-refractivity contribution < 1.29 is 0 Å². The second kappa shape index (κ2) is 9.00. The normalized spacial score (nSPS) is 11.7.